The molecule has 1 heterocycles. The molecule has 1 amide bonds. The summed E-state index contributed by atoms with van der Waals surface area (Å²) in [5.74, 6) is 0.767. The van der Waals surface area contributed by atoms with E-state index in [1.807, 2.05) is 24.4 Å². The van der Waals surface area contributed by atoms with Gasteiger partial charge in [-0.05, 0) is 51.0 Å². The molecule has 0 fully saturated rings. The molecule has 27 heavy (non-hydrogen) atoms. The van der Waals surface area contributed by atoms with Gasteiger partial charge in [-0.1, -0.05) is 35.4 Å². The van der Waals surface area contributed by atoms with Gasteiger partial charge in [-0.15, -0.1) is 23.1 Å². The molecule has 0 saturated heterocycles. The van der Waals surface area contributed by atoms with Crippen molar-refractivity contribution in [1.82, 2.24) is 4.98 Å². The normalized spacial score (nSPS) is 10.9. The number of anilines is 2. The molecule has 5 heteroatoms. The number of aromatic nitrogens is 1. The van der Waals surface area contributed by atoms with Crippen LogP contribution in [0.5, 0.6) is 0 Å². The van der Waals surface area contributed by atoms with Gasteiger partial charge >= 0.3 is 0 Å². The summed E-state index contributed by atoms with van der Waals surface area (Å²) in [6.45, 7) is 9.92. The number of rotatable bonds is 5. The maximum Gasteiger partial charge on any atom is 0.230 e. The Kier molecular flexibility index (Phi) is 6.02. The summed E-state index contributed by atoms with van der Waals surface area (Å²) >= 11 is 3.30. The SMILES string of the molecule is CC(=O)N(c1nc(CSc2ccc(C)cc2C)cs1)c1ccc(C)cc1C. The number of aryl methyl sites for hydroxylation is 4. The molecular formula is C22H24N2OS2. The highest BCUT2D eigenvalue weighted by Crippen LogP contribution is 2.33. The van der Waals surface area contributed by atoms with E-state index in [9.17, 15) is 4.79 Å². The molecule has 0 aliphatic carbocycles. The number of carbonyl (C=O) groups excluding carboxylic acids is 1. The van der Waals surface area contributed by atoms with E-state index in [1.165, 1.54) is 32.9 Å². The second-order valence-corrected chi connectivity index (χ2v) is 8.68. The minimum absolute atomic E-state index is 0.0233. The molecule has 0 N–H and O–H groups in total. The van der Waals surface area contributed by atoms with Crippen molar-refractivity contribution in [2.75, 3.05) is 4.90 Å². The van der Waals surface area contributed by atoms with Crippen molar-refractivity contribution in [2.24, 2.45) is 0 Å². The van der Waals surface area contributed by atoms with E-state index in [-0.39, 0.29) is 5.91 Å². The fourth-order valence-corrected chi connectivity index (χ4v) is 4.93. The largest absolute Gasteiger partial charge is 0.274 e. The van der Waals surface area contributed by atoms with E-state index in [1.54, 1.807) is 23.6 Å². The monoisotopic (exact) mass is 396 g/mol. The van der Waals surface area contributed by atoms with Crippen LogP contribution in [0.4, 0.5) is 10.8 Å². The van der Waals surface area contributed by atoms with Crippen LogP contribution in [-0.4, -0.2) is 10.9 Å². The zero-order chi connectivity index (χ0) is 19.6. The lowest BCUT2D eigenvalue weighted by molar-refractivity contribution is -0.115. The van der Waals surface area contributed by atoms with Gasteiger partial charge in [-0.2, -0.15) is 0 Å². The van der Waals surface area contributed by atoms with Crippen molar-refractivity contribution >= 4 is 39.8 Å². The van der Waals surface area contributed by atoms with Crippen LogP contribution >= 0.6 is 23.1 Å². The first kappa shape index (κ1) is 19.6. The molecule has 3 nitrogen and oxygen atoms in total. The first-order chi connectivity index (χ1) is 12.8. The smallest absolute Gasteiger partial charge is 0.230 e. The number of amides is 1. The number of hydrogen-bond acceptors (Lipinski definition) is 4. The Bertz CT molecular complexity index is 978. The van der Waals surface area contributed by atoms with Crippen molar-refractivity contribution in [3.05, 3.63) is 69.7 Å². The molecule has 0 spiro atoms. The van der Waals surface area contributed by atoms with Crippen LogP contribution in [0.25, 0.3) is 0 Å². The summed E-state index contributed by atoms with van der Waals surface area (Å²) < 4.78 is 0. The number of carbonyl (C=O) groups is 1. The van der Waals surface area contributed by atoms with Crippen molar-refractivity contribution in [1.29, 1.82) is 0 Å². The predicted octanol–water partition coefficient (Wildman–Crippen LogP) is 6.35. The fraction of sp³-hybridized carbons (Fsp3) is 0.273. The molecule has 0 saturated carbocycles. The number of hydrogen-bond donors (Lipinski definition) is 0. The average Bonchev–Trinajstić information content (AvgIpc) is 3.04. The van der Waals surface area contributed by atoms with Crippen molar-refractivity contribution in [3.8, 4) is 0 Å². The molecule has 2 aromatic carbocycles. The highest BCUT2D eigenvalue weighted by Gasteiger charge is 2.19. The molecule has 0 aliphatic heterocycles. The summed E-state index contributed by atoms with van der Waals surface area (Å²) in [4.78, 5) is 20.1. The third kappa shape index (κ3) is 4.60. The zero-order valence-electron chi connectivity index (χ0n) is 16.4. The van der Waals surface area contributed by atoms with Gasteiger partial charge in [0.15, 0.2) is 5.13 Å². The van der Waals surface area contributed by atoms with Crippen LogP contribution in [0.15, 0.2) is 46.7 Å². The highest BCUT2D eigenvalue weighted by atomic mass is 32.2. The van der Waals surface area contributed by atoms with Crippen LogP contribution in [-0.2, 0) is 10.5 Å². The lowest BCUT2D eigenvalue weighted by Crippen LogP contribution is -2.23. The Morgan fingerprint density at radius 3 is 2.33 bits per heavy atom. The first-order valence-corrected chi connectivity index (χ1v) is 10.7. The summed E-state index contributed by atoms with van der Waals surface area (Å²) in [6.07, 6.45) is 0. The van der Waals surface area contributed by atoms with E-state index in [0.717, 1.165) is 27.8 Å². The lowest BCUT2D eigenvalue weighted by atomic mass is 10.1. The molecule has 0 aliphatic rings. The van der Waals surface area contributed by atoms with Crippen LogP contribution in [0.1, 0.15) is 34.9 Å². The standard InChI is InChI=1S/C22H24N2OS2/c1-14-6-8-20(16(3)10-14)24(18(5)25)22-23-19(13-27-22)12-26-21-9-7-15(2)11-17(21)4/h6-11,13H,12H2,1-5H3. The van der Waals surface area contributed by atoms with E-state index in [2.05, 4.69) is 45.0 Å². The van der Waals surface area contributed by atoms with Gasteiger partial charge in [0.2, 0.25) is 5.91 Å². The Morgan fingerprint density at radius 2 is 1.70 bits per heavy atom. The number of thioether (sulfide) groups is 1. The van der Waals surface area contributed by atoms with Crippen molar-refractivity contribution in [2.45, 2.75) is 45.3 Å². The summed E-state index contributed by atoms with van der Waals surface area (Å²) in [5.41, 5.74) is 6.72. The minimum atomic E-state index is -0.0233. The van der Waals surface area contributed by atoms with Crippen molar-refractivity contribution in [3.63, 3.8) is 0 Å². The molecule has 3 aromatic rings. The maximum absolute atomic E-state index is 12.3. The first-order valence-electron chi connectivity index (χ1n) is 8.87. The second-order valence-electron chi connectivity index (χ2n) is 6.82. The summed E-state index contributed by atoms with van der Waals surface area (Å²) in [6, 6.07) is 12.6. The van der Waals surface area contributed by atoms with E-state index in [0.29, 0.717) is 0 Å². The predicted molar refractivity (Wildman–Crippen MR) is 116 cm³/mol. The Labute approximate surface area is 169 Å². The van der Waals surface area contributed by atoms with Gasteiger partial charge in [0, 0.05) is 23.0 Å². The van der Waals surface area contributed by atoms with Gasteiger partial charge in [-0.25, -0.2) is 4.98 Å². The molecular weight excluding hydrogens is 372 g/mol. The van der Waals surface area contributed by atoms with Gasteiger partial charge in [0.25, 0.3) is 0 Å². The molecule has 140 valence electrons. The maximum atomic E-state index is 12.3. The molecule has 3 rings (SSSR count). The van der Waals surface area contributed by atoms with Crippen LogP contribution < -0.4 is 4.90 Å². The minimum Gasteiger partial charge on any atom is -0.274 e. The van der Waals surface area contributed by atoms with Gasteiger partial charge < -0.3 is 0 Å². The molecule has 0 bridgehead atoms. The van der Waals surface area contributed by atoms with Crippen LogP contribution in [0, 0.1) is 27.7 Å². The molecule has 0 atom stereocenters. The van der Waals surface area contributed by atoms with Gasteiger partial charge in [0.05, 0.1) is 11.4 Å². The molecule has 0 radical (unpaired) electrons. The third-order valence-corrected chi connectivity index (χ3v) is 6.43. The number of thiazole rings is 1. The zero-order valence-corrected chi connectivity index (χ0v) is 18.0. The third-order valence-electron chi connectivity index (χ3n) is 4.34. The van der Waals surface area contributed by atoms with Crippen LogP contribution in [0.2, 0.25) is 0 Å². The second kappa shape index (κ2) is 8.28. The Balaban J connectivity index is 1.81. The topological polar surface area (TPSA) is 33.2 Å². The highest BCUT2D eigenvalue weighted by molar-refractivity contribution is 7.98. The van der Waals surface area contributed by atoms with E-state index < -0.39 is 0 Å². The summed E-state index contributed by atoms with van der Waals surface area (Å²) in [5, 5.41) is 2.77. The number of nitrogens with zero attached hydrogens (tertiary/aromatic N) is 2. The Morgan fingerprint density at radius 1 is 1.04 bits per heavy atom. The van der Waals surface area contributed by atoms with Crippen molar-refractivity contribution < 1.29 is 4.79 Å². The van der Waals surface area contributed by atoms with Crippen LogP contribution in [0.3, 0.4) is 0 Å². The van der Waals surface area contributed by atoms with Gasteiger partial charge in [-0.3, -0.25) is 9.69 Å². The summed E-state index contributed by atoms with van der Waals surface area (Å²) in [7, 11) is 0. The average molecular weight is 397 g/mol. The number of benzene rings is 2. The lowest BCUT2D eigenvalue weighted by Gasteiger charge is -2.20. The van der Waals surface area contributed by atoms with E-state index >= 15 is 0 Å². The Hall–Kier alpha value is -2.11. The fourth-order valence-electron chi connectivity index (χ4n) is 3.04. The molecule has 0 unspecified atom stereocenters. The van der Waals surface area contributed by atoms with Gasteiger partial charge in [0.1, 0.15) is 0 Å². The van der Waals surface area contributed by atoms with E-state index in [4.69, 9.17) is 4.98 Å². The molecule has 1 aromatic heterocycles. The quantitative estimate of drug-likeness (QED) is 0.471.